The smallest absolute Gasteiger partial charge is 0.194 e. The molecule has 6 heteroatoms. The predicted molar refractivity (Wildman–Crippen MR) is 128 cm³/mol. The summed E-state index contributed by atoms with van der Waals surface area (Å²) in [4.78, 5) is 7.41. The lowest BCUT2D eigenvalue weighted by Crippen LogP contribution is -2.40. The highest BCUT2D eigenvalue weighted by atomic mass is 127. The summed E-state index contributed by atoms with van der Waals surface area (Å²) < 4.78 is 2.03. The van der Waals surface area contributed by atoms with Crippen molar-refractivity contribution in [2.24, 2.45) is 12.0 Å². The molecule has 1 unspecified atom stereocenters. The van der Waals surface area contributed by atoms with Crippen LogP contribution >= 0.6 is 24.0 Å². The van der Waals surface area contributed by atoms with Gasteiger partial charge in [-0.1, -0.05) is 44.2 Å². The summed E-state index contributed by atoms with van der Waals surface area (Å²) in [5.74, 6) is 1.62. The Labute approximate surface area is 186 Å². The molecule has 0 spiro atoms. The van der Waals surface area contributed by atoms with Crippen LogP contribution in [0.4, 0.5) is 0 Å². The van der Waals surface area contributed by atoms with Crippen molar-refractivity contribution in [1.29, 1.82) is 0 Å². The zero-order valence-electron chi connectivity index (χ0n) is 17.6. The maximum atomic E-state index is 5.00. The fraction of sp³-hybridized carbons (Fsp3) is 0.545. The summed E-state index contributed by atoms with van der Waals surface area (Å²) >= 11 is 0. The molecule has 1 saturated heterocycles. The highest BCUT2D eigenvalue weighted by molar-refractivity contribution is 14.0. The highest BCUT2D eigenvalue weighted by Crippen LogP contribution is 2.27. The number of nitrogens with zero attached hydrogens (tertiary/aromatic N) is 4. The highest BCUT2D eigenvalue weighted by Gasteiger charge is 2.26. The van der Waals surface area contributed by atoms with E-state index in [1.807, 2.05) is 11.7 Å². The molecule has 1 N–H and O–H groups in total. The second-order valence-corrected chi connectivity index (χ2v) is 7.22. The molecule has 2 heterocycles. The number of rotatable bonds is 6. The maximum absolute atomic E-state index is 5.00. The molecule has 3 rings (SSSR count). The van der Waals surface area contributed by atoms with Gasteiger partial charge < -0.3 is 10.2 Å². The molecule has 1 atom stereocenters. The van der Waals surface area contributed by atoms with Crippen LogP contribution in [0.5, 0.6) is 0 Å². The predicted octanol–water partition coefficient (Wildman–Crippen LogP) is 4.12. The van der Waals surface area contributed by atoms with Gasteiger partial charge in [0.05, 0.1) is 12.2 Å². The minimum absolute atomic E-state index is 0. The van der Waals surface area contributed by atoms with Crippen LogP contribution in [0.3, 0.4) is 0 Å². The fourth-order valence-electron chi connectivity index (χ4n) is 4.10. The van der Waals surface area contributed by atoms with Gasteiger partial charge in [0, 0.05) is 43.9 Å². The number of hydrogen-bond donors (Lipinski definition) is 1. The van der Waals surface area contributed by atoms with Crippen LogP contribution < -0.4 is 5.32 Å². The largest absolute Gasteiger partial charge is 0.357 e. The molecule has 1 aliphatic rings. The van der Waals surface area contributed by atoms with E-state index in [-0.39, 0.29) is 24.0 Å². The second-order valence-electron chi connectivity index (χ2n) is 7.22. The molecule has 0 aliphatic carbocycles. The summed E-state index contributed by atoms with van der Waals surface area (Å²) in [6.45, 7) is 10.2. The van der Waals surface area contributed by atoms with E-state index >= 15 is 0 Å². The van der Waals surface area contributed by atoms with Crippen LogP contribution in [0.25, 0.3) is 0 Å². The Morgan fingerprint density at radius 3 is 2.57 bits per heavy atom. The van der Waals surface area contributed by atoms with Crippen molar-refractivity contribution < 1.29 is 0 Å². The summed E-state index contributed by atoms with van der Waals surface area (Å²) in [5.41, 5.74) is 5.22. The van der Waals surface area contributed by atoms with Crippen LogP contribution in [0.2, 0.25) is 0 Å². The molecule has 28 heavy (non-hydrogen) atoms. The molecule has 0 saturated carbocycles. The second kappa shape index (κ2) is 10.8. The van der Waals surface area contributed by atoms with Crippen LogP contribution in [-0.4, -0.2) is 40.3 Å². The van der Waals surface area contributed by atoms with Crippen molar-refractivity contribution in [2.45, 2.75) is 52.5 Å². The molecule has 1 aromatic heterocycles. The van der Waals surface area contributed by atoms with Gasteiger partial charge in [0.25, 0.3) is 0 Å². The van der Waals surface area contributed by atoms with E-state index in [0.717, 1.165) is 38.4 Å². The molecule has 0 radical (unpaired) electrons. The zero-order valence-corrected chi connectivity index (χ0v) is 19.9. The Balaban J connectivity index is 0.00000280. The Kier molecular flexibility index (Phi) is 8.79. The van der Waals surface area contributed by atoms with Gasteiger partial charge in [-0.05, 0) is 31.7 Å². The van der Waals surface area contributed by atoms with Gasteiger partial charge in [-0.2, -0.15) is 5.10 Å². The Morgan fingerprint density at radius 2 is 1.93 bits per heavy atom. The van der Waals surface area contributed by atoms with Crippen molar-refractivity contribution in [3.63, 3.8) is 0 Å². The fourth-order valence-corrected chi connectivity index (χ4v) is 4.10. The molecule has 1 aromatic carbocycles. The van der Waals surface area contributed by atoms with E-state index in [0.29, 0.717) is 12.5 Å². The van der Waals surface area contributed by atoms with Crippen molar-refractivity contribution in [1.82, 2.24) is 20.0 Å². The Bertz CT molecular complexity index is 769. The SMILES string of the molecule is CCNC(=NCc1c(CC)nn(C)c1CC)N1CCC(c2ccccc2)C1.I. The number of guanidine groups is 1. The third kappa shape index (κ3) is 5.07. The lowest BCUT2D eigenvalue weighted by Gasteiger charge is -2.22. The Morgan fingerprint density at radius 1 is 1.18 bits per heavy atom. The van der Waals surface area contributed by atoms with E-state index < -0.39 is 0 Å². The average molecular weight is 495 g/mol. The van der Waals surface area contributed by atoms with E-state index in [4.69, 9.17) is 4.99 Å². The molecule has 2 aromatic rings. The first-order chi connectivity index (χ1) is 13.2. The summed E-state index contributed by atoms with van der Waals surface area (Å²) in [6.07, 6.45) is 3.13. The zero-order chi connectivity index (χ0) is 19.2. The van der Waals surface area contributed by atoms with Crippen molar-refractivity contribution >= 4 is 29.9 Å². The number of benzene rings is 1. The van der Waals surface area contributed by atoms with Gasteiger partial charge >= 0.3 is 0 Å². The third-order valence-electron chi connectivity index (χ3n) is 5.51. The van der Waals surface area contributed by atoms with Crippen molar-refractivity contribution in [3.8, 4) is 0 Å². The summed E-state index contributed by atoms with van der Waals surface area (Å²) in [7, 11) is 2.04. The number of aliphatic imine (C=N–C) groups is 1. The number of nitrogens with one attached hydrogen (secondary N) is 1. The van der Waals surface area contributed by atoms with Gasteiger partial charge in [-0.25, -0.2) is 4.99 Å². The standard InChI is InChI=1S/C22H33N5.HI/c1-5-20-19(21(6-2)26(4)25-20)15-24-22(23-7-3)27-14-13-18(16-27)17-11-9-8-10-12-17;/h8-12,18H,5-7,13-16H2,1-4H3,(H,23,24);1H. The van der Waals surface area contributed by atoms with Gasteiger partial charge in [-0.3, -0.25) is 4.68 Å². The van der Waals surface area contributed by atoms with E-state index in [1.54, 1.807) is 0 Å². The van der Waals surface area contributed by atoms with E-state index in [9.17, 15) is 0 Å². The normalized spacial score (nSPS) is 16.9. The summed E-state index contributed by atoms with van der Waals surface area (Å²) in [5, 5.41) is 8.18. The number of aryl methyl sites for hydroxylation is 2. The van der Waals surface area contributed by atoms with Gasteiger partial charge in [0.2, 0.25) is 0 Å². The molecule has 154 valence electrons. The van der Waals surface area contributed by atoms with Crippen molar-refractivity contribution in [2.75, 3.05) is 19.6 Å². The van der Waals surface area contributed by atoms with Crippen LogP contribution in [0, 0.1) is 0 Å². The first-order valence-corrected chi connectivity index (χ1v) is 10.3. The minimum atomic E-state index is 0. The van der Waals surface area contributed by atoms with Crippen LogP contribution in [0.15, 0.2) is 35.3 Å². The maximum Gasteiger partial charge on any atom is 0.194 e. The first kappa shape index (κ1) is 22.7. The van der Waals surface area contributed by atoms with Gasteiger partial charge in [0.1, 0.15) is 0 Å². The summed E-state index contributed by atoms with van der Waals surface area (Å²) in [6, 6.07) is 10.9. The molecule has 1 aliphatic heterocycles. The molecular formula is C22H34IN5. The topological polar surface area (TPSA) is 45.5 Å². The van der Waals surface area contributed by atoms with Gasteiger partial charge in [-0.15, -0.1) is 24.0 Å². The molecular weight excluding hydrogens is 461 g/mol. The first-order valence-electron chi connectivity index (χ1n) is 10.3. The Hall–Kier alpha value is -1.57. The molecule has 5 nitrogen and oxygen atoms in total. The molecule has 1 fully saturated rings. The van der Waals surface area contributed by atoms with E-state index in [1.165, 1.54) is 28.9 Å². The number of halogens is 1. The monoisotopic (exact) mass is 495 g/mol. The molecule has 0 bridgehead atoms. The van der Waals surface area contributed by atoms with Crippen molar-refractivity contribution in [3.05, 3.63) is 52.8 Å². The lowest BCUT2D eigenvalue weighted by molar-refractivity contribution is 0.486. The number of aromatic nitrogens is 2. The molecule has 0 amide bonds. The van der Waals surface area contributed by atoms with E-state index in [2.05, 4.69) is 66.4 Å². The quantitative estimate of drug-likeness (QED) is 0.373. The van der Waals surface area contributed by atoms with Gasteiger partial charge in [0.15, 0.2) is 5.96 Å². The number of hydrogen-bond acceptors (Lipinski definition) is 2. The number of likely N-dealkylation sites (tertiary alicyclic amines) is 1. The van der Waals surface area contributed by atoms with Crippen LogP contribution in [-0.2, 0) is 26.4 Å². The minimum Gasteiger partial charge on any atom is -0.357 e. The lowest BCUT2D eigenvalue weighted by atomic mass is 9.99. The van der Waals surface area contributed by atoms with Crippen LogP contribution in [0.1, 0.15) is 55.6 Å². The third-order valence-corrected chi connectivity index (χ3v) is 5.51. The average Bonchev–Trinajstić information content (AvgIpc) is 3.30.